The third-order valence-corrected chi connectivity index (χ3v) is 5.46. The van der Waals surface area contributed by atoms with Gasteiger partial charge in [0.05, 0.1) is 4.91 Å². The van der Waals surface area contributed by atoms with Crippen molar-refractivity contribution in [1.29, 1.82) is 0 Å². The molecule has 1 aromatic heterocycles. The number of hydrogen-bond acceptors (Lipinski definition) is 5. The first-order valence-corrected chi connectivity index (χ1v) is 8.43. The van der Waals surface area contributed by atoms with Gasteiger partial charge in [-0.15, -0.1) is 11.3 Å². The fraction of sp³-hybridized carbons (Fsp3) is 0.357. The number of thiophene rings is 1. The van der Waals surface area contributed by atoms with Crippen LogP contribution in [0, 0.1) is 5.92 Å². The van der Waals surface area contributed by atoms with Crippen molar-refractivity contribution in [2.24, 2.45) is 16.6 Å². The molecule has 0 atom stereocenters. The molecule has 0 aromatic carbocycles. The average Bonchev–Trinajstić information content (AvgIpc) is 3.10. The summed E-state index contributed by atoms with van der Waals surface area (Å²) in [7, 11) is 0. The number of primary amides is 1. The molecule has 0 saturated carbocycles. The summed E-state index contributed by atoms with van der Waals surface area (Å²) in [5.41, 5.74) is 5.33. The van der Waals surface area contributed by atoms with Gasteiger partial charge in [0.25, 0.3) is 5.91 Å². The van der Waals surface area contributed by atoms with Gasteiger partial charge in [0.1, 0.15) is 0 Å². The third kappa shape index (κ3) is 3.19. The fourth-order valence-electron chi connectivity index (χ4n) is 2.39. The highest BCUT2D eigenvalue weighted by atomic mass is 32.2. The number of rotatable bonds is 2. The molecule has 0 unspecified atom stereocenters. The van der Waals surface area contributed by atoms with Gasteiger partial charge in [0.2, 0.25) is 5.91 Å². The maximum absolute atomic E-state index is 12.0. The molecular formula is C14H15N3O2S2. The second kappa shape index (κ2) is 6.03. The first kappa shape index (κ1) is 14.3. The van der Waals surface area contributed by atoms with E-state index in [9.17, 15) is 9.59 Å². The normalized spacial score (nSPS) is 21.9. The molecule has 1 aromatic rings. The van der Waals surface area contributed by atoms with E-state index in [1.807, 2.05) is 23.6 Å². The Morgan fingerprint density at radius 1 is 1.43 bits per heavy atom. The zero-order valence-electron chi connectivity index (χ0n) is 11.3. The average molecular weight is 321 g/mol. The van der Waals surface area contributed by atoms with Crippen LogP contribution in [-0.4, -0.2) is 35.0 Å². The van der Waals surface area contributed by atoms with Crippen molar-refractivity contribution in [3.05, 3.63) is 27.3 Å². The Labute approximate surface area is 130 Å². The summed E-state index contributed by atoms with van der Waals surface area (Å²) in [5.74, 6) is -0.462. The molecule has 2 aliphatic rings. The van der Waals surface area contributed by atoms with E-state index in [4.69, 9.17) is 5.73 Å². The predicted molar refractivity (Wildman–Crippen MR) is 85.8 cm³/mol. The number of aliphatic imine (C=N–C) groups is 1. The van der Waals surface area contributed by atoms with E-state index in [1.54, 1.807) is 11.3 Å². The van der Waals surface area contributed by atoms with Crippen molar-refractivity contribution in [2.75, 3.05) is 13.1 Å². The smallest absolute Gasteiger partial charge is 0.286 e. The quantitative estimate of drug-likeness (QED) is 0.844. The Morgan fingerprint density at radius 3 is 2.81 bits per heavy atom. The molecule has 1 saturated heterocycles. The van der Waals surface area contributed by atoms with Gasteiger partial charge in [-0.3, -0.25) is 9.59 Å². The summed E-state index contributed by atoms with van der Waals surface area (Å²) in [6, 6.07) is 3.93. The molecule has 0 bridgehead atoms. The summed E-state index contributed by atoms with van der Waals surface area (Å²) >= 11 is 3.01. The molecule has 2 amide bonds. The van der Waals surface area contributed by atoms with E-state index < -0.39 is 0 Å². The number of carbonyl (C=O) groups excluding carboxylic acids is 2. The van der Waals surface area contributed by atoms with Crippen LogP contribution < -0.4 is 5.73 Å². The van der Waals surface area contributed by atoms with Crippen LogP contribution in [0.25, 0.3) is 6.08 Å². The van der Waals surface area contributed by atoms with E-state index >= 15 is 0 Å². The lowest BCUT2D eigenvalue weighted by atomic mass is 9.97. The van der Waals surface area contributed by atoms with Crippen LogP contribution in [0.5, 0.6) is 0 Å². The van der Waals surface area contributed by atoms with Crippen molar-refractivity contribution in [2.45, 2.75) is 12.8 Å². The highest BCUT2D eigenvalue weighted by molar-refractivity contribution is 8.18. The first-order valence-electron chi connectivity index (χ1n) is 6.74. The van der Waals surface area contributed by atoms with Crippen molar-refractivity contribution < 1.29 is 9.59 Å². The minimum absolute atomic E-state index is 0.0508. The van der Waals surface area contributed by atoms with Crippen LogP contribution in [0.15, 0.2) is 27.4 Å². The van der Waals surface area contributed by atoms with Crippen molar-refractivity contribution in [1.82, 2.24) is 4.90 Å². The highest BCUT2D eigenvalue weighted by Crippen LogP contribution is 2.32. The van der Waals surface area contributed by atoms with Crippen LogP contribution in [0.4, 0.5) is 0 Å². The molecule has 0 spiro atoms. The van der Waals surface area contributed by atoms with E-state index in [0.717, 1.165) is 36.0 Å². The molecule has 110 valence electrons. The lowest BCUT2D eigenvalue weighted by Gasteiger charge is -2.31. The second-order valence-electron chi connectivity index (χ2n) is 4.99. The van der Waals surface area contributed by atoms with Crippen LogP contribution in [0.3, 0.4) is 0 Å². The number of nitrogens with two attached hydrogens (primary N) is 1. The number of nitrogens with zero attached hydrogens (tertiary/aromatic N) is 2. The van der Waals surface area contributed by atoms with Crippen LogP contribution >= 0.6 is 23.1 Å². The number of likely N-dealkylation sites (tertiary alicyclic amines) is 1. The monoisotopic (exact) mass is 321 g/mol. The Bertz CT molecular complexity index is 614. The van der Waals surface area contributed by atoms with Crippen LogP contribution in [0.1, 0.15) is 17.7 Å². The topological polar surface area (TPSA) is 75.8 Å². The Hall–Kier alpha value is -1.60. The van der Waals surface area contributed by atoms with E-state index in [0.29, 0.717) is 4.91 Å². The summed E-state index contributed by atoms with van der Waals surface area (Å²) < 4.78 is 0. The number of amidine groups is 1. The maximum atomic E-state index is 12.0. The van der Waals surface area contributed by atoms with Gasteiger partial charge < -0.3 is 10.6 Å². The molecule has 3 rings (SSSR count). The highest BCUT2D eigenvalue weighted by Gasteiger charge is 2.30. The molecule has 7 heteroatoms. The van der Waals surface area contributed by atoms with Gasteiger partial charge in [-0.2, -0.15) is 4.99 Å². The number of carbonyl (C=O) groups is 2. The molecule has 2 aliphatic heterocycles. The first-order chi connectivity index (χ1) is 10.1. The lowest BCUT2D eigenvalue weighted by Crippen LogP contribution is -2.40. The molecule has 21 heavy (non-hydrogen) atoms. The Balaban J connectivity index is 1.65. The number of amides is 2. The third-order valence-electron chi connectivity index (χ3n) is 3.59. The molecule has 5 nitrogen and oxygen atoms in total. The Kier molecular flexibility index (Phi) is 4.12. The van der Waals surface area contributed by atoms with E-state index in [-0.39, 0.29) is 17.7 Å². The minimum Gasteiger partial charge on any atom is -0.369 e. The zero-order chi connectivity index (χ0) is 14.8. The van der Waals surface area contributed by atoms with Gasteiger partial charge in [-0.25, -0.2) is 0 Å². The van der Waals surface area contributed by atoms with Crippen molar-refractivity contribution >= 4 is 46.2 Å². The maximum Gasteiger partial charge on any atom is 0.286 e. The SMILES string of the molecule is NC(=O)C1CCN(C2=NC(=O)/C(=C/c3cccs3)S2)CC1. The predicted octanol–water partition coefficient (Wildman–Crippen LogP) is 1.92. The van der Waals surface area contributed by atoms with Gasteiger partial charge in [-0.05, 0) is 42.1 Å². The van der Waals surface area contributed by atoms with Crippen LogP contribution in [-0.2, 0) is 9.59 Å². The summed E-state index contributed by atoms with van der Waals surface area (Å²) in [6.45, 7) is 1.44. The van der Waals surface area contributed by atoms with Gasteiger partial charge in [0.15, 0.2) is 5.17 Å². The van der Waals surface area contributed by atoms with Gasteiger partial charge >= 0.3 is 0 Å². The minimum atomic E-state index is -0.231. The van der Waals surface area contributed by atoms with E-state index in [1.165, 1.54) is 11.8 Å². The largest absolute Gasteiger partial charge is 0.369 e. The Morgan fingerprint density at radius 2 is 2.19 bits per heavy atom. The van der Waals surface area contributed by atoms with Gasteiger partial charge in [-0.1, -0.05) is 6.07 Å². The summed E-state index contributed by atoms with van der Waals surface area (Å²) in [5, 5.41) is 2.72. The summed E-state index contributed by atoms with van der Waals surface area (Å²) in [4.78, 5) is 31.0. The fourth-order valence-corrected chi connectivity index (χ4v) is 4.08. The van der Waals surface area contributed by atoms with Crippen molar-refractivity contribution in [3.8, 4) is 0 Å². The summed E-state index contributed by atoms with van der Waals surface area (Å²) in [6.07, 6.45) is 3.34. The molecular weight excluding hydrogens is 306 g/mol. The van der Waals surface area contributed by atoms with Crippen LogP contribution in [0.2, 0.25) is 0 Å². The molecule has 1 fully saturated rings. The van der Waals surface area contributed by atoms with Gasteiger partial charge in [0, 0.05) is 23.9 Å². The molecule has 3 heterocycles. The van der Waals surface area contributed by atoms with E-state index in [2.05, 4.69) is 9.89 Å². The standard InChI is InChI=1S/C14H15N3O2S2/c15-12(18)9-3-5-17(6-4-9)14-16-13(19)11(21-14)8-10-2-1-7-20-10/h1-2,7-9H,3-6H2,(H2,15,18)/b11-8-. The molecule has 2 N–H and O–H groups in total. The molecule has 0 aliphatic carbocycles. The number of thioether (sulfide) groups is 1. The number of hydrogen-bond donors (Lipinski definition) is 1. The van der Waals surface area contributed by atoms with Crippen molar-refractivity contribution in [3.63, 3.8) is 0 Å². The zero-order valence-corrected chi connectivity index (χ0v) is 13.0. The lowest BCUT2D eigenvalue weighted by molar-refractivity contribution is -0.123. The second-order valence-corrected chi connectivity index (χ2v) is 6.98. The number of piperidine rings is 1. The molecule has 0 radical (unpaired) electrons.